The summed E-state index contributed by atoms with van der Waals surface area (Å²) < 4.78 is 3.53. The van der Waals surface area contributed by atoms with Gasteiger partial charge in [0.1, 0.15) is 6.33 Å². The van der Waals surface area contributed by atoms with Crippen molar-refractivity contribution in [1.29, 1.82) is 0 Å². The van der Waals surface area contributed by atoms with Gasteiger partial charge in [-0.15, -0.1) is 11.3 Å². The number of nitrogens with zero attached hydrogens (tertiary/aromatic N) is 5. The minimum absolute atomic E-state index is 0.177. The topological polar surface area (TPSA) is 77.1 Å². The highest BCUT2D eigenvalue weighted by atomic mass is 32.1. The summed E-state index contributed by atoms with van der Waals surface area (Å²) in [4.78, 5) is 17.4. The van der Waals surface area contributed by atoms with Crippen molar-refractivity contribution >= 4 is 22.2 Å². The summed E-state index contributed by atoms with van der Waals surface area (Å²) >= 11 is 1.54. The summed E-state index contributed by atoms with van der Waals surface area (Å²) in [5.74, 6) is -0.177. The van der Waals surface area contributed by atoms with Crippen molar-refractivity contribution in [2.24, 2.45) is 7.05 Å². The molecule has 0 bridgehead atoms. The molecule has 7 nitrogen and oxygen atoms in total. The smallest absolute Gasteiger partial charge is 0.271 e. The molecule has 1 aromatic carbocycles. The molecule has 0 saturated carbocycles. The van der Waals surface area contributed by atoms with Crippen LogP contribution in [0.4, 0.5) is 0 Å². The van der Waals surface area contributed by atoms with Crippen molar-refractivity contribution in [2.75, 3.05) is 6.54 Å². The average Bonchev–Trinajstić information content (AvgIpc) is 3.32. The van der Waals surface area contributed by atoms with Gasteiger partial charge in [-0.25, -0.2) is 9.50 Å². The van der Waals surface area contributed by atoms with E-state index in [1.807, 2.05) is 49.7 Å². The molecule has 0 radical (unpaired) electrons. The molecule has 4 aromatic rings. The van der Waals surface area contributed by atoms with Crippen LogP contribution in [0.15, 0.2) is 42.0 Å². The standard InChI is InChI=1S/C18H18N6OS/c1-12-3-5-13(6-4-12)16-9-15(22-23(16)2)17(25)19-8-7-14-10-26-18-20-11-21-24(14)18/h3-6,9-11H,7-8H2,1-2H3,(H,19,25). The number of amides is 1. The number of aryl methyl sites for hydroxylation is 2. The molecular formula is C18H18N6OS. The van der Waals surface area contributed by atoms with Crippen LogP contribution in [0.5, 0.6) is 0 Å². The van der Waals surface area contributed by atoms with Crippen LogP contribution in [0.2, 0.25) is 0 Å². The van der Waals surface area contributed by atoms with E-state index in [1.165, 1.54) is 11.9 Å². The van der Waals surface area contributed by atoms with Crippen LogP contribution in [0.25, 0.3) is 16.2 Å². The maximum absolute atomic E-state index is 12.4. The van der Waals surface area contributed by atoms with E-state index in [0.717, 1.165) is 21.9 Å². The van der Waals surface area contributed by atoms with Crippen LogP contribution in [0.3, 0.4) is 0 Å². The van der Waals surface area contributed by atoms with Gasteiger partial charge in [-0.2, -0.15) is 10.2 Å². The molecule has 0 aliphatic carbocycles. The van der Waals surface area contributed by atoms with E-state index in [9.17, 15) is 4.79 Å². The fourth-order valence-electron chi connectivity index (χ4n) is 2.81. The third kappa shape index (κ3) is 3.11. The molecule has 0 unspecified atom stereocenters. The summed E-state index contributed by atoms with van der Waals surface area (Å²) in [5, 5.41) is 13.5. The lowest BCUT2D eigenvalue weighted by atomic mass is 10.1. The maximum atomic E-state index is 12.4. The van der Waals surface area contributed by atoms with Crippen LogP contribution in [0, 0.1) is 6.92 Å². The predicted molar refractivity (Wildman–Crippen MR) is 100 cm³/mol. The summed E-state index contributed by atoms with van der Waals surface area (Å²) in [6.45, 7) is 2.56. The minimum Gasteiger partial charge on any atom is -0.350 e. The molecule has 1 amide bonds. The van der Waals surface area contributed by atoms with Crippen LogP contribution < -0.4 is 5.32 Å². The fraction of sp³-hybridized carbons (Fsp3) is 0.222. The maximum Gasteiger partial charge on any atom is 0.271 e. The van der Waals surface area contributed by atoms with Crippen LogP contribution in [0.1, 0.15) is 21.7 Å². The number of thiazole rings is 1. The number of carbonyl (C=O) groups excluding carboxylic acids is 1. The molecule has 1 N–H and O–H groups in total. The Morgan fingerprint density at radius 1 is 1.27 bits per heavy atom. The second kappa shape index (κ2) is 6.72. The van der Waals surface area contributed by atoms with Crippen molar-refractivity contribution in [3.63, 3.8) is 0 Å². The normalized spacial score (nSPS) is 11.2. The highest BCUT2D eigenvalue weighted by Gasteiger charge is 2.14. The van der Waals surface area contributed by atoms with Gasteiger partial charge in [0.25, 0.3) is 5.91 Å². The number of hydrogen-bond acceptors (Lipinski definition) is 5. The minimum atomic E-state index is -0.177. The van der Waals surface area contributed by atoms with Crippen LogP contribution in [-0.2, 0) is 13.5 Å². The SMILES string of the molecule is Cc1ccc(-c2cc(C(=O)NCCc3csc4ncnn34)nn2C)cc1. The second-order valence-corrected chi connectivity index (χ2v) is 6.93. The molecule has 3 heterocycles. The Balaban J connectivity index is 1.43. The Kier molecular flexibility index (Phi) is 4.26. The van der Waals surface area contributed by atoms with Crippen molar-refractivity contribution < 1.29 is 4.79 Å². The van der Waals surface area contributed by atoms with Crippen molar-refractivity contribution in [1.82, 2.24) is 29.7 Å². The van der Waals surface area contributed by atoms with E-state index in [2.05, 4.69) is 20.5 Å². The molecule has 0 atom stereocenters. The molecule has 0 fully saturated rings. The lowest BCUT2D eigenvalue weighted by Gasteiger charge is -2.02. The number of aromatic nitrogens is 5. The van der Waals surface area contributed by atoms with Gasteiger partial charge in [-0.05, 0) is 18.6 Å². The lowest BCUT2D eigenvalue weighted by molar-refractivity contribution is 0.0948. The predicted octanol–water partition coefficient (Wildman–Crippen LogP) is 2.47. The number of carbonyl (C=O) groups is 1. The number of rotatable bonds is 5. The number of fused-ring (bicyclic) bond motifs is 1. The first-order chi connectivity index (χ1) is 12.6. The lowest BCUT2D eigenvalue weighted by Crippen LogP contribution is -2.26. The van der Waals surface area contributed by atoms with Gasteiger partial charge >= 0.3 is 0 Å². The Morgan fingerprint density at radius 2 is 2.08 bits per heavy atom. The summed E-state index contributed by atoms with van der Waals surface area (Å²) in [6, 6.07) is 9.99. The van der Waals surface area contributed by atoms with E-state index in [-0.39, 0.29) is 5.91 Å². The van der Waals surface area contributed by atoms with E-state index >= 15 is 0 Å². The zero-order chi connectivity index (χ0) is 18.1. The average molecular weight is 366 g/mol. The Bertz CT molecular complexity index is 1060. The molecule has 3 aromatic heterocycles. The largest absolute Gasteiger partial charge is 0.350 e. The Morgan fingerprint density at radius 3 is 2.88 bits per heavy atom. The van der Waals surface area contributed by atoms with Crippen molar-refractivity contribution in [2.45, 2.75) is 13.3 Å². The number of hydrogen-bond donors (Lipinski definition) is 1. The quantitative estimate of drug-likeness (QED) is 0.589. The first kappa shape index (κ1) is 16.5. The number of benzene rings is 1. The second-order valence-electron chi connectivity index (χ2n) is 6.09. The summed E-state index contributed by atoms with van der Waals surface area (Å²) in [7, 11) is 1.85. The first-order valence-corrected chi connectivity index (χ1v) is 9.15. The zero-order valence-corrected chi connectivity index (χ0v) is 15.3. The number of nitrogens with one attached hydrogen (secondary N) is 1. The van der Waals surface area contributed by atoms with E-state index < -0.39 is 0 Å². The zero-order valence-electron chi connectivity index (χ0n) is 14.5. The molecule has 0 saturated heterocycles. The van der Waals surface area contributed by atoms with Gasteiger partial charge in [0.2, 0.25) is 4.96 Å². The van der Waals surface area contributed by atoms with Gasteiger partial charge in [0, 0.05) is 25.4 Å². The molecule has 8 heteroatoms. The molecule has 0 spiro atoms. The van der Waals surface area contributed by atoms with Gasteiger partial charge in [-0.3, -0.25) is 9.48 Å². The molecule has 26 heavy (non-hydrogen) atoms. The molecular weight excluding hydrogens is 348 g/mol. The van der Waals surface area contributed by atoms with Gasteiger partial charge < -0.3 is 5.32 Å². The van der Waals surface area contributed by atoms with E-state index in [0.29, 0.717) is 18.7 Å². The molecule has 132 valence electrons. The van der Waals surface area contributed by atoms with Crippen LogP contribution in [-0.4, -0.2) is 36.8 Å². The first-order valence-electron chi connectivity index (χ1n) is 8.27. The van der Waals surface area contributed by atoms with E-state index in [1.54, 1.807) is 20.5 Å². The Labute approximate surface area is 154 Å². The monoisotopic (exact) mass is 366 g/mol. The highest BCUT2D eigenvalue weighted by Crippen LogP contribution is 2.20. The Hall–Kier alpha value is -3.00. The van der Waals surface area contributed by atoms with Gasteiger partial charge in [0.05, 0.1) is 11.4 Å². The molecule has 0 aliphatic rings. The highest BCUT2D eigenvalue weighted by molar-refractivity contribution is 7.15. The molecule has 0 aliphatic heterocycles. The summed E-state index contributed by atoms with van der Waals surface area (Å²) in [6.07, 6.45) is 2.22. The van der Waals surface area contributed by atoms with Crippen molar-refractivity contribution in [3.8, 4) is 11.3 Å². The summed E-state index contributed by atoms with van der Waals surface area (Å²) in [5.41, 5.74) is 4.60. The third-order valence-electron chi connectivity index (χ3n) is 4.22. The van der Waals surface area contributed by atoms with E-state index in [4.69, 9.17) is 0 Å². The molecule has 4 rings (SSSR count). The fourth-order valence-corrected chi connectivity index (χ4v) is 3.64. The van der Waals surface area contributed by atoms with Gasteiger partial charge in [0.15, 0.2) is 5.69 Å². The third-order valence-corrected chi connectivity index (χ3v) is 5.09. The van der Waals surface area contributed by atoms with Gasteiger partial charge in [-0.1, -0.05) is 29.8 Å². The van der Waals surface area contributed by atoms with Crippen molar-refractivity contribution in [3.05, 3.63) is 59.0 Å². The van der Waals surface area contributed by atoms with Crippen LogP contribution >= 0.6 is 11.3 Å².